The minimum atomic E-state index is -0.118. The number of aryl methyl sites for hydroxylation is 1. The van der Waals surface area contributed by atoms with Gasteiger partial charge in [0.1, 0.15) is 5.82 Å². The van der Waals surface area contributed by atoms with Crippen LogP contribution >= 0.6 is 0 Å². The molecule has 18 heavy (non-hydrogen) atoms. The molecule has 0 aliphatic heterocycles. The van der Waals surface area contributed by atoms with E-state index in [9.17, 15) is 4.79 Å². The molecule has 6 heteroatoms. The molecular formula is C12H20N4O2. The van der Waals surface area contributed by atoms with Crippen LogP contribution in [0.2, 0.25) is 0 Å². The van der Waals surface area contributed by atoms with Crippen LogP contribution in [0.3, 0.4) is 0 Å². The van der Waals surface area contributed by atoms with E-state index < -0.39 is 0 Å². The van der Waals surface area contributed by atoms with Gasteiger partial charge >= 0.3 is 0 Å². The van der Waals surface area contributed by atoms with E-state index in [1.807, 2.05) is 6.92 Å². The summed E-state index contributed by atoms with van der Waals surface area (Å²) in [6, 6.07) is 3.32. The number of aliphatic hydroxyl groups excluding tert-OH is 1. The van der Waals surface area contributed by atoms with E-state index in [2.05, 4.69) is 10.4 Å². The van der Waals surface area contributed by atoms with Crippen molar-refractivity contribution in [3.05, 3.63) is 23.4 Å². The molecule has 0 saturated carbocycles. The Balaban J connectivity index is 2.96. The quantitative estimate of drug-likeness (QED) is 0.507. The topological polar surface area (TPSA) is 91.5 Å². The second kappa shape index (κ2) is 6.93. The number of nitrogens with two attached hydrogens (primary N) is 1. The highest BCUT2D eigenvalue weighted by atomic mass is 16.3. The molecule has 4 N–H and O–H groups in total. The lowest BCUT2D eigenvalue weighted by atomic mass is 10.2. The lowest BCUT2D eigenvalue weighted by molar-refractivity contribution is 0.0722. The van der Waals surface area contributed by atoms with Crippen molar-refractivity contribution < 1.29 is 9.90 Å². The van der Waals surface area contributed by atoms with E-state index in [0.717, 1.165) is 6.42 Å². The van der Waals surface area contributed by atoms with Crippen LogP contribution < -0.4 is 11.3 Å². The minimum Gasteiger partial charge on any atom is -0.395 e. The lowest BCUT2D eigenvalue weighted by Crippen LogP contribution is -2.34. The second-order valence-corrected chi connectivity index (χ2v) is 4.04. The van der Waals surface area contributed by atoms with Gasteiger partial charge in [-0.25, -0.2) is 10.8 Å². The summed E-state index contributed by atoms with van der Waals surface area (Å²) >= 11 is 0. The van der Waals surface area contributed by atoms with Gasteiger partial charge in [0.25, 0.3) is 5.91 Å². The molecule has 0 spiro atoms. The van der Waals surface area contributed by atoms with Crippen molar-refractivity contribution in [2.45, 2.75) is 20.3 Å². The number of aliphatic hydroxyl groups is 1. The van der Waals surface area contributed by atoms with E-state index >= 15 is 0 Å². The fourth-order valence-corrected chi connectivity index (χ4v) is 1.75. The molecule has 1 aromatic rings. The average molecular weight is 252 g/mol. The maximum Gasteiger partial charge on any atom is 0.254 e. The van der Waals surface area contributed by atoms with Gasteiger partial charge in [-0.1, -0.05) is 6.92 Å². The molecule has 0 radical (unpaired) electrons. The van der Waals surface area contributed by atoms with Crippen LogP contribution in [-0.4, -0.2) is 40.6 Å². The van der Waals surface area contributed by atoms with E-state index in [4.69, 9.17) is 10.9 Å². The molecule has 0 saturated heterocycles. The molecule has 0 aliphatic carbocycles. The molecular weight excluding hydrogens is 232 g/mol. The molecule has 6 nitrogen and oxygen atoms in total. The van der Waals surface area contributed by atoms with Crippen LogP contribution in [-0.2, 0) is 0 Å². The molecule has 100 valence electrons. The molecule has 1 rings (SSSR count). The molecule has 1 aromatic heterocycles. The number of nitrogen functional groups attached to an aromatic ring is 1. The van der Waals surface area contributed by atoms with Gasteiger partial charge in [-0.15, -0.1) is 0 Å². The lowest BCUT2D eigenvalue weighted by Gasteiger charge is -2.21. The van der Waals surface area contributed by atoms with Crippen molar-refractivity contribution in [2.24, 2.45) is 5.84 Å². The average Bonchev–Trinajstić information content (AvgIpc) is 2.36. The van der Waals surface area contributed by atoms with Gasteiger partial charge in [0.05, 0.1) is 6.61 Å². The zero-order valence-corrected chi connectivity index (χ0v) is 10.8. The zero-order chi connectivity index (χ0) is 13.5. The normalized spacial score (nSPS) is 10.2. The summed E-state index contributed by atoms with van der Waals surface area (Å²) in [6.07, 6.45) is 0.845. The number of rotatable bonds is 6. The molecule has 0 unspecified atom stereocenters. The van der Waals surface area contributed by atoms with E-state index in [1.165, 1.54) is 0 Å². The van der Waals surface area contributed by atoms with Crippen LogP contribution in [0, 0.1) is 6.92 Å². The van der Waals surface area contributed by atoms with Crippen LogP contribution in [0.1, 0.15) is 29.4 Å². The zero-order valence-electron chi connectivity index (χ0n) is 10.8. The first-order valence-electron chi connectivity index (χ1n) is 5.97. The number of nitrogens with one attached hydrogen (secondary N) is 1. The Kier molecular flexibility index (Phi) is 5.54. The Morgan fingerprint density at radius 2 is 2.22 bits per heavy atom. The number of nitrogens with zero attached hydrogens (tertiary/aromatic N) is 2. The maximum atomic E-state index is 12.3. The highest BCUT2D eigenvalue weighted by Gasteiger charge is 2.15. The fourth-order valence-electron chi connectivity index (χ4n) is 1.75. The van der Waals surface area contributed by atoms with E-state index in [-0.39, 0.29) is 12.5 Å². The van der Waals surface area contributed by atoms with Gasteiger partial charge in [-0.05, 0) is 25.5 Å². The third-order valence-corrected chi connectivity index (χ3v) is 2.50. The minimum absolute atomic E-state index is 0.0438. The van der Waals surface area contributed by atoms with E-state index in [0.29, 0.717) is 30.2 Å². The smallest absolute Gasteiger partial charge is 0.254 e. The molecule has 0 fully saturated rings. The number of hydrogen-bond donors (Lipinski definition) is 3. The summed E-state index contributed by atoms with van der Waals surface area (Å²) in [5.74, 6) is 5.64. The standard InChI is InChI=1S/C12H20N4O2/c1-3-4-16(5-6-17)12(18)10-7-9(2)14-11(8-10)15-13/h7-8,17H,3-6,13H2,1-2H3,(H,14,15). The third-order valence-electron chi connectivity index (χ3n) is 2.50. The number of hydrogen-bond acceptors (Lipinski definition) is 5. The van der Waals surface area contributed by atoms with Gasteiger partial charge in [-0.3, -0.25) is 4.79 Å². The SMILES string of the molecule is CCCN(CCO)C(=O)c1cc(C)nc(NN)c1. The number of hydrazine groups is 1. The Labute approximate surface area is 107 Å². The van der Waals surface area contributed by atoms with Crippen LogP contribution in [0.25, 0.3) is 0 Å². The number of anilines is 1. The Bertz CT molecular complexity index is 403. The van der Waals surface area contributed by atoms with Crippen molar-refractivity contribution in [1.29, 1.82) is 0 Å². The van der Waals surface area contributed by atoms with E-state index in [1.54, 1.807) is 24.0 Å². The van der Waals surface area contributed by atoms with Crippen LogP contribution in [0.5, 0.6) is 0 Å². The predicted octanol–water partition coefficient (Wildman–Crippen LogP) is 0.520. The second-order valence-electron chi connectivity index (χ2n) is 4.04. The molecule has 0 aromatic carbocycles. The predicted molar refractivity (Wildman–Crippen MR) is 70.1 cm³/mol. The van der Waals surface area contributed by atoms with Crippen LogP contribution in [0.4, 0.5) is 5.82 Å². The summed E-state index contributed by atoms with van der Waals surface area (Å²) in [7, 11) is 0. The fraction of sp³-hybridized carbons (Fsp3) is 0.500. The van der Waals surface area contributed by atoms with Gasteiger partial charge in [-0.2, -0.15) is 0 Å². The summed E-state index contributed by atoms with van der Waals surface area (Å²) < 4.78 is 0. The van der Waals surface area contributed by atoms with Gasteiger partial charge < -0.3 is 15.4 Å². The number of carbonyl (C=O) groups excluding carboxylic acids is 1. The first-order valence-corrected chi connectivity index (χ1v) is 5.97. The van der Waals surface area contributed by atoms with Crippen LogP contribution in [0.15, 0.2) is 12.1 Å². The largest absolute Gasteiger partial charge is 0.395 e. The summed E-state index contributed by atoms with van der Waals surface area (Å²) in [6.45, 7) is 4.69. The summed E-state index contributed by atoms with van der Waals surface area (Å²) in [4.78, 5) is 18.0. The number of aromatic nitrogens is 1. The highest BCUT2D eigenvalue weighted by Crippen LogP contribution is 2.12. The van der Waals surface area contributed by atoms with Crippen molar-refractivity contribution in [2.75, 3.05) is 25.1 Å². The summed E-state index contributed by atoms with van der Waals surface area (Å²) in [5.41, 5.74) is 3.68. The number of carbonyl (C=O) groups is 1. The van der Waals surface area contributed by atoms with Gasteiger partial charge in [0, 0.05) is 24.3 Å². The van der Waals surface area contributed by atoms with Crippen molar-refractivity contribution in [3.63, 3.8) is 0 Å². The Hall–Kier alpha value is -1.66. The van der Waals surface area contributed by atoms with Gasteiger partial charge in [0.15, 0.2) is 0 Å². The van der Waals surface area contributed by atoms with Crippen molar-refractivity contribution in [3.8, 4) is 0 Å². The molecule has 1 amide bonds. The maximum absolute atomic E-state index is 12.3. The molecule has 0 bridgehead atoms. The summed E-state index contributed by atoms with van der Waals surface area (Å²) in [5, 5.41) is 8.98. The number of amides is 1. The Morgan fingerprint density at radius 1 is 1.50 bits per heavy atom. The molecule has 1 heterocycles. The highest BCUT2D eigenvalue weighted by molar-refractivity contribution is 5.95. The Morgan fingerprint density at radius 3 is 2.78 bits per heavy atom. The number of pyridine rings is 1. The molecule has 0 aliphatic rings. The molecule has 0 atom stereocenters. The van der Waals surface area contributed by atoms with Crippen molar-refractivity contribution >= 4 is 11.7 Å². The first kappa shape index (κ1) is 14.4. The monoisotopic (exact) mass is 252 g/mol. The van der Waals surface area contributed by atoms with Gasteiger partial charge in [0.2, 0.25) is 0 Å². The first-order chi connectivity index (χ1) is 8.62. The van der Waals surface area contributed by atoms with Crippen molar-refractivity contribution in [1.82, 2.24) is 9.88 Å². The third kappa shape index (κ3) is 3.68.